The fraction of sp³-hybridized carbons (Fsp3) is 0.500. The zero-order valence-corrected chi connectivity index (χ0v) is 5.85. The minimum Gasteiger partial charge on any atom is -0.321 e. The SMILES string of the molecule is C=C/C(=C\C)C1(N)CC1. The van der Waals surface area contributed by atoms with E-state index in [1.54, 1.807) is 0 Å². The number of nitrogens with two attached hydrogens (primary N) is 1. The molecule has 9 heavy (non-hydrogen) atoms. The molecule has 1 saturated carbocycles. The Bertz CT molecular complexity index is 152. The zero-order valence-electron chi connectivity index (χ0n) is 5.85. The van der Waals surface area contributed by atoms with E-state index in [1.165, 1.54) is 5.57 Å². The molecule has 1 heteroatoms. The van der Waals surface area contributed by atoms with Crippen LogP contribution in [0.15, 0.2) is 24.3 Å². The minimum absolute atomic E-state index is 0.0104. The van der Waals surface area contributed by atoms with Gasteiger partial charge in [0.1, 0.15) is 0 Å². The van der Waals surface area contributed by atoms with Crippen molar-refractivity contribution in [3.05, 3.63) is 24.3 Å². The molecule has 0 heterocycles. The summed E-state index contributed by atoms with van der Waals surface area (Å²) in [5.74, 6) is 0. The van der Waals surface area contributed by atoms with E-state index in [1.807, 2.05) is 19.1 Å². The standard InChI is InChI=1S/C8H13N/c1-3-7(4-2)8(9)5-6-8/h3-4H,1,5-6,9H2,2H3/b7-4+. The lowest BCUT2D eigenvalue weighted by molar-refractivity contribution is 0.814. The Morgan fingerprint density at radius 2 is 2.22 bits per heavy atom. The van der Waals surface area contributed by atoms with E-state index in [-0.39, 0.29) is 5.54 Å². The normalized spacial score (nSPS) is 23.6. The van der Waals surface area contributed by atoms with E-state index in [0.29, 0.717) is 0 Å². The van der Waals surface area contributed by atoms with Gasteiger partial charge in [-0.05, 0) is 25.3 Å². The number of rotatable bonds is 2. The Hall–Kier alpha value is -0.560. The molecule has 1 nitrogen and oxygen atoms in total. The summed E-state index contributed by atoms with van der Waals surface area (Å²) in [7, 11) is 0. The quantitative estimate of drug-likeness (QED) is 0.555. The summed E-state index contributed by atoms with van der Waals surface area (Å²) in [6.07, 6.45) is 6.14. The molecule has 0 unspecified atom stereocenters. The zero-order chi connectivity index (χ0) is 6.91. The highest BCUT2D eigenvalue weighted by Gasteiger charge is 2.39. The van der Waals surface area contributed by atoms with Crippen molar-refractivity contribution in [1.29, 1.82) is 0 Å². The monoisotopic (exact) mass is 123 g/mol. The van der Waals surface area contributed by atoms with Gasteiger partial charge in [0.05, 0.1) is 0 Å². The molecular weight excluding hydrogens is 110 g/mol. The van der Waals surface area contributed by atoms with Gasteiger partial charge in [0, 0.05) is 5.54 Å². The Morgan fingerprint density at radius 3 is 2.33 bits per heavy atom. The molecule has 2 N–H and O–H groups in total. The van der Waals surface area contributed by atoms with Gasteiger partial charge in [0.15, 0.2) is 0 Å². The second kappa shape index (κ2) is 1.99. The number of allylic oxidation sites excluding steroid dienone is 1. The molecule has 0 saturated heterocycles. The van der Waals surface area contributed by atoms with Crippen LogP contribution in [0.4, 0.5) is 0 Å². The maximum absolute atomic E-state index is 5.87. The lowest BCUT2D eigenvalue weighted by Gasteiger charge is -2.07. The van der Waals surface area contributed by atoms with Crippen LogP contribution in [0.2, 0.25) is 0 Å². The summed E-state index contributed by atoms with van der Waals surface area (Å²) in [5.41, 5.74) is 7.08. The molecule has 0 atom stereocenters. The van der Waals surface area contributed by atoms with Crippen molar-refractivity contribution in [2.24, 2.45) is 5.73 Å². The Kier molecular flexibility index (Phi) is 1.45. The number of hydrogen-bond donors (Lipinski definition) is 1. The molecule has 0 radical (unpaired) electrons. The third kappa shape index (κ3) is 1.06. The average molecular weight is 123 g/mol. The molecule has 0 aromatic carbocycles. The van der Waals surface area contributed by atoms with Crippen LogP contribution in [-0.4, -0.2) is 5.54 Å². The largest absolute Gasteiger partial charge is 0.321 e. The van der Waals surface area contributed by atoms with Crippen molar-refractivity contribution in [3.8, 4) is 0 Å². The van der Waals surface area contributed by atoms with E-state index in [0.717, 1.165) is 12.8 Å². The van der Waals surface area contributed by atoms with Crippen molar-refractivity contribution in [2.45, 2.75) is 25.3 Å². The van der Waals surface area contributed by atoms with Crippen LogP contribution in [0, 0.1) is 0 Å². The topological polar surface area (TPSA) is 26.0 Å². The van der Waals surface area contributed by atoms with Gasteiger partial charge in [-0.2, -0.15) is 0 Å². The maximum atomic E-state index is 5.87. The van der Waals surface area contributed by atoms with E-state index >= 15 is 0 Å². The smallest absolute Gasteiger partial charge is 0.0407 e. The molecule has 0 amide bonds. The van der Waals surface area contributed by atoms with Gasteiger partial charge < -0.3 is 5.73 Å². The highest BCUT2D eigenvalue weighted by molar-refractivity contribution is 5.34. The first-order chi connectivity index (χ1) is 4.23. The van der Waals surface area contributed by atoms with Crippen LogP contribution < -0.4 is 5.73 Å². The predicted octanol–water partition coefficient (Wildman–Crippen LogP) is 1.61. The predicted molar refractivity (Wildman–Crippen MR) is 40.1 cm³/mol. The van der Waals surface area contributed by atoms with Crippen LogP contribution in [0.5, 0.6) is 0 Å². The Morgan fingerprint density at radius 1 is 1.67 bits per heavy atom. The first-order valence-corrected chi connectivity index (χ1v) is 3.31. The summed E-state index contributed by atoms with van der Waals surface area (Å²) in [6.45, 7) is 5.69. The third-order valence-corrected chi connectivity index (χ3v) is 1.89. The fourth-order valence-electron chi connectivity index (χ4n) is 1.03. The van der Waals surface area contributed by atoms with E-state index in [4.69, 9.17) is 5.73 Å². The summed E-state index contributed by atoms with van der Waals surface area (Å²) in [4.78, 5) is 0. The molecule has 0 spiro atoms. The molecule has 1 aliphatic carbocycles. The van der Waals surface area contributed by atoms with Crippen LogP contribution >= 0.6 is 0 Å². The van der Waals surface area contributed by atoms with Gasteiger partial charge in [-0.25, -0.2) is 0 Å². The highest BCUT2D eigenvalue weighted by Crippen LogP contribution is 2.39. The molecule has 0 bridgehead atoms. The van der Waals surface area contributed by atoms with Crippen molar-refractivity contribution < 1.29 is 0 Å². The molecule has 50 valence electrons. The van der Waals surface area contributed by atoms with Gasteiger partial charge in [-0.1, -0.05) is 18.7 Å². The third-order valence-electron chi connectivity index (χ3n) is 1.89. The van der Waals surface area contributed by atoms with E-state index < -0.39 is 0 Å². The van der Waals surface area contributed by atoms with Crippen molar-refractivity contribution in [3.63, 3.8) is 0 Å². The van der Waals surface area contributed by atoms with E-state index in [2.05, 4.69) is 6.58 Å². The molecule has 1 fully saturated rings. The first kappa shape index (κ1) is 6.56. The second-order valence-electron chi connectivity index (χ2n) is 2.60. The molecule has 0 aromatic heterocycles. The average Bonchev–Trinajstić information content (AvgIpc) is 2.52. The molecule has 0 aliphatic heterocycles. The minimum atomic E-state index is 0.0104. The van der Waals surface area contributed by atoms with Gasteiger partial charge in [0.25, 0.3) is 0 Å². The highest BCUT2D eigenvalue weighted by atomic mass is 14.8. The molecular formula is C8H13N. The summed E-state index contributed by atoms with van der Waals surface area (Å²) >= 11 is 0. The van der Waals surface area contributed by atoms with Gasteiger partial charge in [0.2, 0.25) is 0 Å². The van der Waals surface area contributed by atoms with Crippen LogP contribution in [0.1, 0.15) is 19.8 Å². The van der Waals surface area contributed by atoms with E-state index in [9.17, 15) is 0 Å². The first-order valence-electron chi connectivity index (χ1n) is 3.31. The Balaban J connectivity index is 2.69. The van der Waals surface area contributed by atoms with Gasteiger partial charge >= 0.3 is 0 Å². The maximum Gasteiger partial charge on any atom is 0.0407 e. The fourth-order valence-corrected chi connectivity index (χ4v) is 1.03. The lowest BCUT2D eigenvalue weighted by atomic mass is 10.1. The van der Waals surface area contributed by atoms with Crippen molar-refractivity contribution >= 4 is 0 Å². The molecule has 1 rings (SSSR count). The summed E-state index contributed by atoms with van der Waals surface area (Å²) in [5, 5.41) is 0. The molecule has 0 aromatic rings. The lowest BCUT2D eigenvalue weighted by Crippen LogP contribution is -2.23. The van der Waals surface area contributed by atoms with Crippen molar-refractivity contribution in [2.75, 3.05) is 0 Å². The summed E-state index contributed by atoms with van der Waals surface area (Å²) < 4.78 is 0. The Labute approximate surface area is 56.2 Å². The van der Waals surface area contributed by atoms with Gasteiger partial charge in [-0.15, -0.1) is 0 Å². The molecule has 1 aliphatic rings. The number of hydrogen-bond acceptors (Lipinski definition) is 1. The van der Waals surface area contributed by atoms with Crippen molar-refractivity contribution in [1.82, 2.24) is 0 Å². The summed E-state index contributed by atoms with van der Waals surface area (Å²) in [6, 6.07) is 0. The van der Waals surface area contributed by atoms with Crippen LogP contribution in [0.3, 0.4) is 0 Å². The van der Waals surface area contributed by atoms with Gasteiger partial charge in [-0.3, -0.25) is 0 Å². The second-order valence-corrected chi connectivity index (χ2v) is 2.60. The van der Waals surface area contributed by atoms with Crippen LogP contribution in [0.25, 0.3) is 0 Å². The van der Waals surface area contributed by atoms with Crippen LogP contribution in [-0.2, 0) is 0 Å².